The molecule has 26 heavy (non-hydrogen) atoms. The number of nitrogens with one attached hydrogen (secondary N) is 2. The van der Waals surface area contributed by atoms with Gasteiger partial charge in [0.25, 0.3) is 11.5 Å². The van der Waals surface area contributed by atoms with E-state index in [2.05, 4.69) is 15.3 Å². The standard InChI is InChI=1S/C20H19N3O3/c1-13(15-10-6-7-11-17(15)26-2)22-19(24)16-12-21-18(23-20(16)25)14-8-4-3-5-9-14/h3-13H,1-2H3,(H,22,24)(H,21,23,25)/t13-/m1/s1. The van der Waals surface area contributed by atoms with Crippen molar-refractivity contribution in [1.29, 1.82) is 0 Å². The van der Waals surface area contributed by atoms with E-state index in [4.69, 9.17) is 4.74 Å². The van der Waals surface area contributed by atoms with Gasteiger partial charge >= 0.3 is 0 Å². The van der Waals surface area contributed by atoms with Crippen molar-refractivity contribution >= 4 is 5.91 Å². The van der Waals surface area contributed by atoms with Crippen molar-refractivity contribution in [2.24, 2.45) is 0 Å². The fraction of sp³-hybridized carbons (Fsp3) is 0.150. The summed E-state index contributed by atoms with van der Waals surface area (Å²) in [6, 6.07) is 16.3. The van der Waals surface area contributed by atoms with E-state index in [1.807, 2.05) is 61.5 Å². The molecule has 2 aromatic carbocycles. The monoisotopic (exact) mass is 349 g/mol. The van der Waals surface area contributed by atoms with E-state index in [-0.39, 0.29) is 11.6 Å². The number of carbonyl (C=O) groups is 1. The van der Waals surface area contributed by atoms with Gasteiger partial charge in [0.1, 0.15) is 17.1 Å². The van der Waals surface area contributed by atoms with Crippen LogP contribution < -0.4 is 15.6 Å². The molecular weight excluding hydrogens is 330 g/mol. The van der Waals surface area contributed by atoms with Crippen molar-refractivity contribution in [3.05, 3.63) is 82.3 Å². The second-order valence-electron chi connectivity index (χ2n) is 5.78. The molecule has 1 atom stereocenters. The topological polar surface area (TPSA) is 84.1 Å². The lowest BCUT2D eigenvalue weighted by Gasteiger charge is -2.17. The summed E-state index contributed by atoms with van der Waals surface area (Å²) in [5.41, 5.74) is 1.09. The van der Waals surface area contributed by atoms with Crippen LogP contribution in [0.3, 0.4) is 0 Å². The highest BCUT2D eigenvalue weighted by molar-refractivity contribution is 5.93. The van der Waals surface area contributed by atoms with Gasteiger partial charge in [0.15, 0.2) is 0 Å². The summed E-state index contributed by atoms with van der Waals surface area (Å²) < 4.78 is 5.31. The third-order valence-corrected chi connectivity index (χ3v) is 4.04. The number of H-pyrrole nitrogens is 1. The second-order valence-corrected chi connectivity index (χ2v) is 5.78. The number of para-hydroxylation sites is 1. The molecule has 3 rings (SSSR count). The average molecular weight is 349 g/mol. The summed E-state index contributed by atoms with van der Waals surface area (Å²) in [6.07, 6.45) is 1.30. The number of methoxy groups -OCH3 is 1. The molecule has 0 aliphatic carbocycles. The average Bonchev–Trinajstić information content (AvgIpc) is 2.68. The van der Waals surface area contributed by atoms with Crippen molar-refractivity contribution in [2.75, 3.05) is 7.11 Å². The lowest BCUT2D eigenvalue weighted by molar-refractivity contribution is 0.0937. The van der Waals surface area contributed by atoms with E-state index in [1.165, 1.54) is 6.20 Å². The Morgan fingerprint density at radius 2 is 1.81 bits per heavy atom. The Hall–Kier alpha value is -3.41. The number of hydrogen-bond acceptors (Lipinski definition) is 4. The Kier molecular flexibility index (Phi) is 5.12. The van der Waals surface area contributed by atoms with Crippen molar-refractivity contribution in [2.45, 2.75) is 13.0 Å². The Morgan fingerprint density at radius 1 is 1.12 bits per heavy atom. The molecule has 132 valence electrons. The third-order valence-electron chi connectivity index (χ3n) is 4.04. The van der Waals surface area contributed by atoms with Gasteiger partial charge in [-0.1, -0.05) is 48.5 Å². The molecule has 0 saturated heterocycles. The predicted molar refractivity (Wildman–Crippen MR) is 99.2 cm³/mol. The van der Waals surface area contributed by atoms with Crippen LogP contribution in [-0.4, -0.2) is 23.0 Å². The number of carbonyl (C=O) groups excluding carboxylic acids is 1. The number of aromatic nitrogens is 2. The smallest absolute Gasteiger partial charge is 0.264 e. The minimum Gasteiger partial charge on any atom is -0.496 e. The summed E-state index contributed by atoms with van der Waals surface area (Å²) in [7, 11) is 1.57. The van der Waals surface area contributed by atoms with Crippen LogP contribution in [-0.2, 0) is 0 Å². The van der Waals surface area contributed by atoms with Gasteiger partial charge in [-0.25, -0.2) is 4.98 Å². The maximum atomic E-state index is 12.5. The molecule has 0 fully saturated rings. The molecule has 6 heteroatoms. The predicted octanol–water partition coefficient (Wildman–Crippen LogP) is 2.94. The van der Waals surface area contributed by atoms with Gasteiger partial charge < -0.3 is 15.0 Å². The van der Waals surface area contributed by atoms with E-state index in [0.29, 0.717) is 11.6 Å². The lowest BCUT2D eigenvalue weighted by atomic mass is 10.1. The second kappa shape index (κ2) is 7.65. The maximum absolute atomic E-state index is 12.5. The van der Waals surface area contributed by atoms with Crippen LogP contribution in [0.2, 0.25) is 0 Å². The third kappa shape index (κ3) is 3.64. The highest BCUT2D eigenvalue weighted by Gasteiger charge is 2.17. The Balaban J connectivity index is 1.81. The Morgan fingerprint density at radius 3 is 2.50 bits per heavy atom. The number of hydrogen-bond donors (Lipinski definition) is 2. The maximum Gasteiger partial charge on any atom is 0.264 e. The largest absolute Gasteiger partial charge is 0.496 e. The van der Waals surface area contributed by atoms with Gasteiger partial charge in [-0.15, -0.1) is 0 Å². The van der Waals surface area contributed by atoms with Gasteiger partial charge in [-0.3, -0.25) is 9.59 Å². The van der Waals surface area contributed by atoms with E-state index in [9.17, 15) is 9.59 Å². The number of benzene rings is 2. The summed E-state index contributed by atoms with van der Waals surface area (Å²) in [6.45, 7) is 1.83. The molecule has 0 aliphatic heterocycles. The zero-order valence-corrected chi connectivity index (χ0v) is 14.5. The van der Waals surface area contributed by atoms with E-state index in [1.54, 1.807) is 7.11 Å². The molecule has 0 radical (unpaired) electrons. The number of aromatic amines is 1. The Labute approximate surface area is 150 Å². The molecular formula is C20H19N3O3. The van der Waals surface area contributed by atoms with Crippen LogP contribution >= 0.6 is 0 Å². The fourth-order valence-electron chi connectivity index (χ4n) is 2.68. The number of amides is 1. The summed E-state index contributed by atoms with van der Waals surface area (Å²) in [4.78, 5) is 31.7. The minimum absolute atomic E-state index is 0.0357. The first-order valence-corrected chi connectivity index (χ1v) is 8.18. The number of ether oxygens (including phenoxy) is 1. The first-order chi connectivity index (χ1) is 12.6. The summed E-state index contributed by atoms with van der Waals surface area (Å²) in [5.74, 6) is 0.605. The quantitative estimate of drug-likeness (QED) is 0.742. The van der Waals surface area contributed by atoms with E-state index >= 15 is 0 Å². The molecule has 1 aromatic heterocycles. The summed E-state index contributed by atoms with van der Waals surface area (Å²) in [5, 5.41) is 2.81. The van der Waals surface area contributed by atoms with Crippen molar-refractivity contribution in [3.8, 4) is 17.1 Å². The molecule has 1 heterocycles. The molecule has 3 aromatic rings. The normalized spacial score (nSPS) is 11.6. The highest BCUT2D eigenvalue weighted by atomic mass is 16.5. The molecule has 0 saturated carbocycles. The van der Waals surface area contributed by atoms with Crippen LogP contribution in [0.1, 0.15) is 28.9 Å². The number of rotatable bonds is 5. The zero-order valence-electron chi connectivity index (χ0n) is 14.5. The minimum atomic E-state index is -0.489. The Bertz CT molecular complexity index is 967. The first kappa shape index (κ1) is 17.4. The lowest BCUT2D eigenvalue weighted by Crippen LogP contribution is -2.32. The van der Waals surface area contributed by atoms with E-state index < -0.39 is 11.5 Å². The van der Waals surface area contributed by atoms with Crippen molar-refractivity contribution in [1.82, 2.24) is 15.3 Å². The molecule has 2 N–H and O–H groups in total. The summed E-state index contributed by atoms with van der Waals surface area (Å²) >= 11 is 0. The van der Waals surface area contributed by atoms with E-state index in [0.717, 1.165) is 11.1 Å². The SMILES string of the molecule is COc1ccccc1[C@@H](C)NC(=O)c1cnc(-c2ccccc2)[nH]c1=O. The van der Waals surface area contributed by atoms with Gasteiger partial charge in [-0.2, -0.15) is 0 Å². The van der Waals surface area contributed by atoms with Crippen LogP contribution in [0.4, 0.5) is 0 Å². The van der Waals surface area contributed by atoms with Crippen LogP contribution in [0.15, 0.2) is 65.6 Å². The molecule has 6 nitrogen and oxygen atoms in total. The molecule has 0 aliphatic rings. The van der Waals surface area contributed by atoms with Gasteiger partial charge in [0.05, 0.1) is 13.2 Å². The van der Waals surface area contributed by atoms with Gasteiger partial charge in [0, 0.05) is 17.3 Å². The van der Waals surface area contributed by atoms with Crippen molar-refractivity contribution < 1.29 is 9.53 Å². The fourth-order valence-corrected chi connectivity index (χ4v) is 2.68. The van der Waals surface area contributed by atoms with Crippen molar-refractivity contribution in [3.63, 3.8) is 0 Å². The first-order valence-electron chi connectivity index (χ1n) is 8.18. The van der Waals surface area contributed by atoms with Crippen LogP contribution in [0.5, 0.6) is 5.75 Å². The molecule has 0 bridgehead atoms. The molecule has 1 amide bonds. The molecule has 0 spiro atoms. The van der Waals surface area contributed by atoms with Gasteiger partial charge in [0.2, 0.25) is 0 Å². The van der Waals surface area contributed by atoms with Crippen LogP contribution in [0.25, 0.3) is 11.4 Å². The van der Waals surface area contributed by atoms with Gasteiger partial charge in [-0.05, 0) is 13.0 Å². The zero-order chi connectivity index (χ0) is 18.5. The molecule has 0 unspecified atom stereocenters. The number of nitrogens with zero attached hydrogens (tertiary/aromatic N) is 1. The van der Waals surface area contributed by atoms with Crippen LogP contribution in [0, 0.1) is 0 Å². The highest BCUT2D eigenvalue weighted by Crippen LogP contribution is 2.24.